The Labute approximate surface area is 432 Å². The van der Waals surface area contributed by atoms with Crippen LogP contribution in [0.15, 0.2) is 72.8 Å². The minimum atomic E-state index is -0.641. The molecule has 16 heteroatoms. The van der Waals surface area contributed by atoms with Crippen LogP contribution < -0.4 is 16.4 Å². The highest BCUT2D eigenvalue weighted by molar-refractivity contribution is 5.85. The molecule has 0 aromatic heterocycles. The number of nitrogen functional groups attached to an aromatic ring is 1. The fraction of sp³-hybridized carbons (Fsp3) is 0.667. The monoisotopic (exact) mass is 1030 g/mol. The zero-order valence-electron chi connectivity index (χ0n) is 42.5. The number of rotatable bonds is 38. The van der Waals surface area contributed by atoms with Crippen molar-refractivity contribution in [2.75, 3.05) is 29.6 Å². The van der Waals surface area contributed by atoms with E-state index < -0.39 is 33.9 Å². The number of hydrogen-bond acceptors (Lipinski definition) is 11. The van der Waals surface area contributed by atoms with Crippen LogP contribution in [0.1, 0.15) is 194 Å². The summed E-state index contributed by atoms with van der Waals surface area (Å²) in [5, 5.41) is 66.8. The summed E-state index contributed by atoms with van der Waals surface area (Å²) < 4.78 is 12.1. The molecule has 3 aromatic carbocycles. The number of halogens is 3. The molecule has 70 heavy (non-hydrogen) atoms. The molecular weight excluding hydrogens is 937 g/mol. The normalized spacial score (nSPS) is 12.3. The lowest BCUT2D eigenvalue weighted by Crippen LogP contribution is -2.36. The van der Waals surface area contributed by atoms with Gasteiger partial charge in [-0.15, -0.1) is 24.8 Å². The highest BCUT2D eigenvalue weighted by Crippen LogP contribution is 2.20. The molecule has 0 bridgehead atoms. The molecule has 0 saturated heterocycles. The number of nitro groups is 2. The smallest absolute Gasteiger partial charge is 0.269 e. The Kier molecular flexibility index (Phi) is 45.2. The van der Waals surface area contributed by atoms with Gasteiger partial charge in [-0.05, 0) is 61.4 Å². The van der Waals surface area contributed by atoms with Gasteiger partial charge in [0.25, 0.3) is 11.4 Å². The number of nitrogens with one attached hydrogen (secondary N) is 2. The van der Waals surface area contributed by atoms with Crippen LogP contribution in [0, 0.1) is 26.0 Å². The molecule has 0 heterocycles. The van der Waals surface area contributed by atoms with E-state index in [1.807, 2.05) is 24.3 Å². The van der Waals surface area contributed by atoms with Gasteiger partial charge in [0.2, 0.25) is 0 Å². The molecule has 0 spiro atoms. The number of aliphatic hydroxyl groups is 4. The van der Waals surface area contributed by atoms with Crippen LogP contribution in [-0.2, 0) is 0 Å². The predicted octanol–water partition coefficient (Wildman–Crippen LogP) is 14.7. The largest absolute Gasteiger partial charge is 0.399 e. The first-order chi connectivity index (χ1) is 32.9. The van der Waals surface area contributed by atoms with Gasteiger partial charge < -0.3 is 36.8 Å². The summed E-state index contributed by atoms with van der Waals surface area (Å²) in [6.07, 6.45) is 34.1. The average Bonchev–Trinajstić information content (AvgIpc) is 3.34. The van der Waals surface area contributed by atoms with Gasteiger partial charge in [0, 0.05) is 41.3 Å². The van der Waals surface area contributed by atoms with Gasteiger partial charge in [0.1, 0.15) is 5.82 Å². The van der Waals surface area contributed by atoms with E-state index in [9.17, 15) is 45.0 Å². The van der Waals surface area contributed by atoms with Gasteiger partial charge in [-0.1, -0.05) is 181 Å². The van der Waals surface area contributed by atoms with E-state index >= 15 is 0 Å². The quantitative estimate of drug-likeness (QED) is 0.0124. The fourth-order valence-corrected chi connectivity index (χ4v) is 7.92. The van der Waals surface area contributed by atoms with Gasteiger partial charge >= 0.3 is 0 Å². The Morgan fingerprint density at radius 1 is 0.471 bits per heavy atom. The first-order valence-electron chi connectivity index (χ1n) is 26.1. The predicted molar refractivity (Wildman–Crippen MR) is 293 cm³/mol. The maximum absolute atomic E-state index is 12.1. The number of benzene rings is 3. The Bertz CT molecular complexity index is 1650. The van der Waals surface area contributed by atoms with Crippen molar-refractivity contribution in [1.29, 1.82) is 0 Å². The molecule has 0 fully saturated rings. The summed E-state index contributed by atoms with van der Waals surface area (Å²) in [7, 11) is 0. The van der Waals surface area contributed by atoms with Gasteiger partial charge in [-0.3, -0.25) is 20.2 Å². The third-order valence-electron chi connectivity index (χ3n) is 12.3. The van der Waals surface area contributed by atoms with Gasteiger partial charge in [-0.25, -0.2) is 4.39 Å². The first-order valence-corrected chi connectivity index (χ1v) is 26.1. The van der Waals surface area contributed by atoms with Gasteiger partial charge in [0.05, 0.1) is 47.4 Å². The highest BCUT2D eigenvalue weighted by Gasteiger charge is 2.19. The molecule has 3 rings (SSSR count). The molecule has 4 unspecified atom stereocenters. The van der Waals surface area contributed by atoms with E-state index in [0.717, 1.165) is 62.1 Å². The summed E-state index contributed by atoms with van der Waals surface area (Å²) in [6.45, 7) is 4.26. The zero-order valence-corrected chi connectivity index (χ0v) is 44.2. The van der Waals surface area contributed by atoms with Crippen LogP contribution in [-0.4, -0.2) is 67.8 Å². The second-order valence-electron chi connectivity index (χ2n) is 18.2. The number of nitrogens with zero attached hydrogens (tertiary/aromatic N) is 2. The summed E-state index contributed by atoms with van der Waals surface area (Å²) in [6, 6.07) is 16.9. The lowest BCUT2D eigenvalue weighted by molar-refractivity contribution is -0.385. The number of nitrogens with two attached hydrogens (primary N) is 1. The number of unbranched alkanes of at least 4 members (excludes halogenated alkanes) is 24. The van der Waals surface area contributed by atoms with Crippen molar-refractivity contribution in [3.05, 3.63) is 98.8 Å². The second-order valence-corrected chi connectivity index (χ2v) is 18.2. The van der Waals surface area contributed by atoms with E-state index in [2.05, 4.69) is 24.5 Å². The van der Waals surface area contributed by atoms with Crippen molar-refractivity contribution in [3.8, 4) is 0 Å². The summed E-state index contributed by atoms with van der Waals surface area (Å²) in [5.41, 5.74) is 7.85. The SMILES string of the molecule is CCCCCCCCCCCCCCCC(O)C(CO)Nc1ccc(N)cc1.CCCCCCCCCCCCCCCC(O)C(CO)Nc1ccc([N+](=O)[O-])cc1.Cl.Cl.O=[N+]([O-])c1ccc(F)cc1. The Balaban J connectivity index is 0. The lowest BCUT2D eigenvalue weighted by Gasteiger charge is -2.23. The minimum Gasteiger partial charge on any atom is -0.399 e. The average molecular weight is 1030 g/mol. The number of anilines is 3. The third-order valence-corrected chi connectivity index (χ3v) is 12.3. The van der Waals surface area contributed by atoms with E-state index in [0.29, 0.717) is 17.8 Å². The molecule has 13 nitrogen and oxygen atoms in total. The Hall–Kier alpha value is -3.79. The Morgan fingerprint density at radius 2 is 0.729 bits per heavy atom. The molecule has 3 aromatic rings. The fourth-order valence-electron chi connectivity index (χ4n) is 7.92. The molecule has 0 radical (unpaired) electrons. The maximum atomic E-state index is 12.1. The topological polar surface area (TPSA) is 217 Å². The van der Waals surface area contributed by atoms with Crippen molar-refractivity contribution in [1.82, 2.24) is 0 Å². The van der Waals surface area contributed by atoms with E-state index in [1.165, 1.54) is 153 Å². The van der Waals surface area contributed by atoms with Gasteiger partial charge in [-0.2, -0.15) is 0 Å². The van der Waals surface area contributed by atoms with Gasteiger partial charge in [0.15, 0.2) is 0 Å². The Morgan fingerprint density at radius 3 is 1.00 bits per heavy atom. The molecule has 402 valence electrons. The minimum absolute atomic E-state index is 0. The zero-order chi connectivity index (χ0) is 50.0. The van der Waals surface area contributed by atoms with Crippen LogP contribution in [0.2, 0.25) is 0 Å². The molecule has 8 N–H and O–H groups in total. The van der Waals surface area contributed by atoms with Crippen LogP contribution >= 0.6 is 24.8 Å². The molecule has 0 aliphatic rings. The number of aliphatic hydroxyl groups excluding tert-OH is 4. The van der Waals surface area contributed by atoms with Crippen molar-refractivity contribution in [3.63, 3.8) is 0 Å². The molecule has 0 aliphatic carbocycles. The molecular formula is C54H92Cl2FN5O8. The number of hydrogen-bond donors (Lipinski definition) is 7. The molecule has 0 saturated carbocycles. The van der Waals surface area contributed by atoms with Crippen molar-refractivity contribution in [2.45, 2.75) is 218 Å². The van der Waals surface area contributed by atoms with Crippen LogP contribution in [0.3, 0.4) is 0 Å². The standard InChI is InChI=1S/C24H42N2O4.C24H44N2O2.C6H4FNO2.2ClH/c1-2-3-4-5-6-7-8-9-10-11-12-13-14-15-24(28)23(20-27)25-21-16-18-22(19-17-21)26(29)30;1-2-3-4-5-6-7-8-9-10-11-12-13-14-15-24(28)23(20-27)26-22-18-16-21(25)17-19-22;7-5-1-3-6(4-2-5)8(9)10;;/h16-19,23-25,27-28H,2-15,20H2,1H3;16-19,23-24,26-28H,2-15,20,25H2,1H3;1-4H;2*1H. The van der Waals surface area contributed by atoms with E-state index in [-0.39, 0.29) is 55.4 Å². The summed E-state index contributed by atoms with van der Waals surface area (Å²) >= 11 is 0. The van der Waals surface area contributed by atoms with E-state index in [1.54, 1.807) is 12.1 Å². The second kappa shape index (κ2) is 46.3. The highest BCUT2D eigenvalue weighted by atomic mass is 35.5. The van der Waals surface area contributed by atoms with Crippen LogP contribution in [0.25, 0.3) is 0 Å². The van der Waals surface area contributed by atoms with Crippen molar-refractivity contribution < 1.29 is 34.7 Å². The van der Waals surface area contributed by atoms with Crippen molar-refractivity contribution >= 4 is 53.3 Å². The van der Waals surface area contributed by atoms with Crippen LogP contribution in [0.4, 0.5) is 32.8 Å². The molecule has 4 atom stereocenters. The van der Waals surface area contributed by atoms with Crippen LogP contribution in [0.5, 0.6) is 0 Å². The molecule has 0 aliphatic heterocycles. The maximum Gasteiger partial charge on any atom is 0.269 e. The third kappa shape index (κ3) is 36.2. The number of non-ortho nitro benzene ring substituents is 2. The van der Waals surface area contributed by atoms with Crippen molar-refractivity contribution in [2.24, 2.45) is 0 Å². The van der Waals surface area contributed by atoms with E-state index in [4.69, 9.17) is 5.73 Å². The first kappa shape index (κ1) is 68.3. The molecule has 0 amide bonds. The summed E-state index contributed by atoms with van der Waals surface area (Å²) in [4.78, 5) is 19.7. The summed E-state index contributed by atoms with van der Waals surface area (Å²) in [5.74, 6) is -0.467. The number of nitro benzene ring substituents is 2. The lowest BCUT2D eigenvalue weighted by atomic mass is 10.0.